The van der Waals surface area contributed by atoms with Crippen molar-refractivity contribution in [2.45, 2.75) is 64.1 Å². The van der Waals surface area contributed by atoms with E-state index in [9.17, 15) is 19.2 Å². The zero-order valence-corrected chi connectivity index (χ0v) is 20.2. The Morgan fingerprint density at radius 3 is 2.43 bits per heavy atom. The molecular weight excluding hydrogens is 447 g/mol. The highest BCUT2D eigenvalue weighted by Crippen LogP contribution is 2.23. The van der Waals surface area contributed by atoms with Crippen molar-refractivity contribution < 1.29 is 18.7 Å². The molecule has 2 amide bonds. The Balaban J connectivity index is 1.65. The first-order valence-corrected chi connectivity index (χ1v) is 11.6. The topological polar surface area (TPSA) is 106 Å². The molecule has 1 unspecified atom stereocenters. The van der Waals surface area contributed by atoms with Crippen LogP contribution in [0.25, 0.3) is 11.1 Å². The number of carbonyl (C=O) groups excluding carboxylic acids is 2. The second-order valence-corrected chi connectivity index (χ2v) is 9.58. The SMILES string of the molecule is CC(C)(C)OC(=O)N1CCCCC1C(=O)N[C@H](C#N)Cc1ccc(-c2ccc(C#N)c(F)c2)cc1. The van der Waals surface area contributed by atoms with Crippen LogP contribution in [-0.2, 0) is 16.0 Å². The van der Waals surface area contributed by atoms with E-state index in [0.29, 0.717) is 18.5 Å². The lowest BCUT2D eigenvalue weighted by Gasteiger charge is -2.36. The van der Waals surface area contributed by atoms with Crippen LogP contribution in [0.15, 0.2) is 42.5 Å². The van der Waals surface area contributed by atoms with Crippen molar-refractivity contribution in [3.63, 3.8) is 0 Å². The Morgan fingerprint density at radius 2 is 1.83 bits per heavy atom. The summed E-state index contributed by atoms with van der Waals surface area (Å²) in [7, 11) is 0. The number of nitrogens with one attached hydrogen (secondary N) is 1. The average Bonchev–Trinajstić information content (AvgIpc) is 2.83. The van der Waals surface area contributed by atoms with Crippen molar-refractivity contribution >= 4 is 12.0 Å². The number of rotatable bonds is 5. The maximum absolute atomic E-state index is 13.9. The van der Waals surface area contributed by atoms with Crippen LogP contribution in [0.1, 0.15) is 51.2 Å². The highest BCUT2D eigenvalue weighted by molar-refractivity contribution is 5.86. The van der Waals surface area contributed by atoms with Crippen molar-refractivity contribution in [1.29, 1.82) is 10.5 Å². The maximum atomic E-state index is 13.9. The molecule has 0 radical (unpaired) electrons. The van der Waals surface area contributed by atoms with Crippen LogP contribution >= 0.6 is 0 Å². The molecule has 8 heteroatoms. The molecule has 0 bridgehead atoms. The lowest BCUT2D eigenvalue weighted by molar-refractivity contribution is -0.128. The fourth-order valence-electron chi connectivity index (χ4n) is 3.99. The number of carbonyl (C=O) groups is 2. The standard InChI is InChI=1S/C27H29FN4O3/c1-27(2,3)35-26(34)32-13-5-4-6-24(32)25(33)31-22(17-30)14-18-7-9-19(10-8-18)20-11-12-21(16-29)23(28)15-20/h7-12,15,22,24H,4-6,13-14H2,1-3H3,(H,31,33)/t22-,24?/m0/s1. The van der Waals surface area contributed by atoms with Gasteiger partial charge in [0.2, 0.25) is 5.91 Å². The highest BCUT2D eigenvalue weighted by atomic mass is 19.1. The van der Waals surface area contributed by atoms with Gasteiger partial charge in [0.25, 0.3) is 0 Å². The molecule has 7 nitrogen and oxygen atoms in total. The van der Waals surface area contributed by atoms with Gasteiger partial charge in [0.1, 0.15) is 29.6 Å². The molecule has 1 fully saturated rings. The summed E-state index contributed by atoms with van der Waals surface area (Å²) in [5, 5.41) is 21.3. The van der Waals surface area contributed by atoms with Crippen LogP contribution in [0.2, 0.25) is 0 Å². The smallest absolute Gasteiger partial charge is 0.410 e. The Kier molecular flexibility index (Phi) is 8.09. The van der Waals surface area contributed by atoms with Gasteiger partial charge in [-0.3, -0.25) is 9.69 Å². The number of hydrogen-bond donors (Lipinski definition) is 1. The van der Waals surface area contributed by atoms with Gasteiger partial charge in [-0.15, -0.1) is 0 Å². The Bertz CT molecular complexity index is 1160. The monoisotopic (exact) mass is 476 g/mol. The summed E-state index contributed by atoms with van der Waals surface area (Å²) in [6.07, 6.45) is 1.87. The lowest BCUT2D eigenvalue weighted by Crippen LogP contribution is -2.54. The van der Waals surface area contributed by atoms with Gasteiger partial charge in [0.15, 0.2) is 0 Å². The summed E-state index contributed by atoms with van der Waals surface area (Å²) in [6, 6.07) is 14.1. The van der Waals surface area contributed by atoms with Gasteiger partial charge in [-0.05, 0) is 68.9 Å². The molecular formula is C27H29FN4O3. The minimum Gasteiger partial charge on any atom is -0.444 e. The van der Waals surface area contributed by atoms with Gasteiger partial charge in [-0.2, -0.15) is 10.5 Å². The normalized spacial score (nSPS) is 16.5. The van der Waals surface area contributed by atoms with Crippen LogP contribution in [0.3, 0.4) is 0 Å². The maximum Gasteiger partial charge on any atom is 0.410 e. The van der Waals surface area contributed by atoms with Gasteiger partial charge < -0.3 is 10.1 Å². The van der Waals surface area contributed by atoms with Crippen molar-refractivity contribution in [3.05, 3.63) is 59.4 Å². The number of halogens is 1. The Hall–Kier alpha value is -3.91. The second kappa shape index (κ2) is 11.0. The highest BCUT2D eigenvalue weighted by Gasteiger charge is 2.35. The first-order chi connectivity index (χ1) is 16.6. The zero-order valence-electron chi connectivity index (χ0n) is 20.2. The molecule has 35 heavy (non-hydrogen) atoms. The Labute approximate surface area is 205 Å². The van der Waals surface area contributed by atoms with E-state index >= 15 is 0 Å². The third-order valence-electron chi connectivity index (χ3n) is 5.72. The molecule has 1 saturated heterocycles. The number of piperidine rings is 1. The molecule has 0 aliphatic carbocycles. The van der Waals surface area contributed by atoms with E-state index in [0.717, 1.165) is 24.0 Å². The molecule has 2 atom stereocenters. The zero-order chi connectivity index (χ0) is 25.6. The predicted molar refractivity (Wildman–Crippen MR) is 128 cm³/mol. The molecule has 0 saturated carbocycles. The van der Waals surface area contributed by atoms with Crippen molar-refractivity contribution in [2.24, 2.45) is 0 Å². The van der Waals surface area contributed by atoms with Crippen LogP contribution in [0.5, 0.6) is 0 Å². The summed E-state index contributed by atoms with van der Waals surface area (Å²) < 4.78 is 19.4. The Morgan fingerprint density at radius 1 is 1.14 bits per heavy atom. The molecule has 1 N–H and O–H groups in total. The number of nitriles is 2. The second-order valence-electron chi connectivity index (χ2n) is 9.58. The predicted octanol–water partition coefficient (Wildman–Crippen LogP) is 4.70. The van der Waals surface area contributed by atoms with E-state index < -0.39 is 29.6 Å². The third kappa shape index (κ3) is 6.80. The molecule has 1 aliphatic rings. The number of nitrogens with zero attached hydrogens (tertiary/aromatic N) is 3. The van der Waals surface area contributed by atoms with E-state index in [1.807, 2.05) is 12.1 Å². The van der Waals surface area contributed by atoms with Gasteiger partial charge in [0, 0.05) is 13.0 Å². The first-order valence-electron chi connectivity index (χ1n) is 11.6. The fraction of sp³-hybridized carbons (Fsp3) is 0.407. The van der Waals surface area contributed by atoms with E-state index in [1.165, 1.54) is 17.0 Å². The molecule has 0 spiro atoms. The summed E-state index contributed by atoms with van der Waals surface area (Å²) in [5.74, 6) is -0.948. The van der Waals surface area contributed by atoms with Gasteiger partial charge in [-0.25, -0.2) is 9.18 Å². The number of benzene rings is 2. The van der Waals surface area contributed by atoms with Crippen LogP contribution < -0.4 is 5.32 Å². The largest absolute Gasteiger partial charge is 0.444 e. The summed E-state index contributed by atoms with van der Waals surface area (Å²) in [6.45, 7) is 5.76. The number of hydrogen-bond acceptors (Lipinski definition) is 5. The van der Waals surface area contributed by atoms with E-state index in [2.05, 4.69) is 11.4 Å². The van der Waals surface area contributed by atoms with Crippen molar-refractivity contribution in [1.82, 2.24) is 10.2 Å². The summed E-state index contributed by atoms with van der Waals surface area (Å²) >= 11 is 0. The quantitative estimate of drug-likeness (QED) is 0.673. The van der Waals surface area contributed by atoms with Crippen LogP contribution in [0, 0.1) is 28.5 Å². The third-order valence-corrected chi connectivity index (χ3v) is 5.72. The minimum absolute atomic E-state index is 0.0128. The number of likely N-dealkylation sites (tertiary alicyclic amines) is 1. The lowest BCUT2D eigenvalue weighted by atomic mass is 9.99. The van der Waals surface area contributed by atoms with Crippen LogP contribution in [0.4, 0.5) is 9.18 Å². The molecule has 1 aliphatic heterocycles. The molecule has 2 aromatic carbocycles. The molecule has 3 rings (SSSR count). The number of amides is 2. The molecule has 1 heterocycles. The van der Waals surface area contributed by atoms with E-state index in [-0.39, 0.29) is 17.9 Å². The summed E-state index contributed by atoms with van der Waals surface area (Å²) in [4.78, 5) is 27.0. The minimum atomic E-state index is -0.775. The molecule has 182 valence electrons. The van der Waals surface area contributed by atoms with E-state index in [1.54, 1.807) is 45.0 Å². The summed E-state index contributed by atoms with van der Waals surface area (Å²) in [5.41, 5.74) is 1.55. The number of ether oxygens (including phenoxy) is 1. The van der Waals surface area contributed by atoms with Crippen LogP contribution in [-0.4, -0.2) is 41.1 Å². The van der Waals surface area contributed by atoms with Crippen molar-refractivity contribution in [3.8, 4) is 23.3 Å². The van der Waals surface area contributed by atoms with Crippen molar-refractivity contribution in [2.75, 3.05) is 6.54 Å². The van der Waals surface area contributed by atoms with Gasteiger partial charge in [-0.1, -0.05) is 30.3 Å². The van der Waals surface area contributed by atoms with E-state index in [4.69, 9.17) is 10.00 Å². The molecule has 0 aromatic heterocycles. The average molecular weight is 477 g/mol. The first kappa shape index (κ1) is 25.7. The fourth-order valence-corrected chi connectivity index (χ4v) is 3.99. The molecule has 2 aromatic rings. The van der Waals surface area contributed by atoms with Gasteiger partial charge in [0.05, 0.1) is 11.6 Å². The van der Waals surface area contributed by atoms with Gasteiger partial charge >= 0.3 is 6.09 Å².